The SMILES string of the molecule is CC(C)C(=O)CN(CC[N+]1(CCNC(=O)COc2cccc3ccccc23)CCNC(=O)C1)C(=O)COc1cccc2cccnc12. The van der Waals surface area contributed by atoms with Crippen LogP contribution in [0.4, 0.5) is 0 Å². The molecule has 1 saturated heterocycles. The number of para-hydroxylation sites is 1. The molecular weight excluding hydrogens is 598 g/mol. The van der Waals surface area contributed by atoms with Crippen LogP contribution in [-0.2, 0) is 19.2 Å². The van der Waals surface area contributed by atoms with Crippen molar-refractivity contribution in [3.8, 4) is 11.5 Å². The molecule has 0 radical (unpaired) electrons. The highest BCUT2D eigenvalue weighted by atomic mass is 16.5. The number of piperazine rings is 1. The molecule has 0 spiro atoms. The van der Waals surface area contributed by atoms with E-state index in [0.717, 1.165) is 16.2 Å². The summed E-state index contributed by atoms with van der Waals surface area (Å²) in [4.78, 5) is 57.5. The lowest BCUT2D eigenvalue weighted by Gasteiger charge is -2.42. The number of benzene rings is 3. The van der Waals surface area contributed by atoms with E-state index in [2.05, 4.69) is 15.6 Å². The van der Waals surface area contributed by atoms with E-state index in [1.807, 2.05) is 66.7 Å². The summed E-state index contributed by atoms with van der Waals surface area (Å²) in [6, 6.07) is 22.8. The van der Waals surface area contributed by atoms with Crippen molar-refractivity contribution in [2.75, 3.05) is 65.6 Å². The van der Waals surface area contributed by atoms with E-state index in [1.54, 1.807) is 26.1 Å². The van der Waals surface area contributed by atoms with E-state index in [-0.39, 0.29) is 62.3 Å². The third kappa shape index (κ3) is 8.82. The van der Waals surface area contributed by atoms with Gasteiger partial charge in [0.25, 0.3) is 17.7 Å². The van der Waals surface area contributed by atoms with Gasteiger partial charge in [-0.3, -0.25) is 24.2 Å². The molecule has 3 amide bonds. The van der Waals surface area contributed by atoms with Gasteiger partial charge >= 0.3 is 0 Å². The molecule has 0 saturated carbocycles. The second-order valence-electron chi connectivity index (χ2n) is 12.2. The van der Waals surface area contributed by atoms with Gasteiger partial charge in [0, 0.05) is 22.9 Å². The Labute approximate surface area is 274 Å². The highest BCUT2D eigenvalue weighted by Crippen LogP contribution is 2.25. The summed E-state index contributed by atoms with van der Waals surface area (Å²) in [5.41, 5.74) is 0.654. The number of ketones is 1. The van der Waals surface area contributed by atoms with E-state index in [9.17, 15) is 19.2 Å². The number of carbonyl (C=O) groups is 4. The number of aromatic nitrogens is 1. The van der Waals surface area contributed by atoms with Crippen LogP contribution < -0.4 is 20.1 Å². The fraction of sp³-hybridized carbons (Fsp3) is 0.361. The van der Waals surface area contributed by atoms with Gasteiger partial charge in [-0.2, -0.15) is 0 Å². The van der Waals surface area contributed by atoms with Gasteiger partial charge in [0.2, 0.25) is 0 Å². The fourth-order valence-electron chi connectivity index (χ4n) is 5.73. The number of carbonyl (C=O) groups excluding carboxylic acids is 4. The number of amides is 3. The summed E-state index contributed by atoms with van der Waals surface area (Å²) in [7, 11) is 0. The average molecular weight is 641 g/mol. The zero-order valence-electron chi connectivity index (χ0n) is 26.9. The number of hydrogen-bond acceptors (Lipinski definition) is 7. The molecule has 11 nitrogen and oxygen atoms in total. The van der Waals surface area contributed by atoms with Gasteiger partial charge in [0.15, 0.2) is 25.5 Å². The van der Waals surface area contributed by atoms with Gasteiger partial charge in [0.1, 0.15) is 17.0 Å². The fourth-order valence-corrected chi connectivity index (χ4v) is 5.73. The van der Waals surface area contributed by atoms with Crippen molar-refractivity contribution in [2.24, 2.45) is 5.92 Å². The first kappa shape index (κ1) is 33.3. The molecule has 1 aliphatic heterocycles. The minimum atomic E-state index is -0.328. The Kier molecular flexibility index (Phi) is 11.0. The number of Topliss-reactive ketones (excluding diaryl/α,β-unsaturated/α-hetero) is 1. The van der Waals surface area contributed by atoms with Crippen LogP contribution in [0.25, 0.3) is 21.7 Å². The van der Waals surface area contributed by atoms with Crippen LogP contribution in [0, 0.1) is 5.92 Å². The highest BCUT2D eigenvalue weighted by molar-refractivity contribution is 5.89. The normalized spacial score (nSPS) is 16.1. The van der Waals surface area contributed by atoms with Gasteiger partial charge < -0.3 is 29.5 Å². The Bertz CT molecular complexity index is 1730. The number of nitrogens with one attached hydrogen (secondary N) is 2. The number of quaternary nitrogens is 1. The number of pyridine rings is 1. The van der Waals surface area contributed by atoms with Gasteiger partial charge in [-0.15, -0.1) is 0 Å². The van der Waals surface area contributed by atoms with Crippen molar-refractivity contribution >= 4 is 45.2 Å². The van der Waals surface area contributed by atoms with Crippen LogP contribution in [-0.4, -0.2) is 103 Å². The number of ether oxygens (including phenoxy) is 2. The molecule has 47 heavy (non-hydrogen) atoms. The van der Waals surface area contributed by atoms with Crippen molar-refractivity contribution in [1.82, 2.24) is 20.5 Å². The smallest absolute Gasteiger partial charge is 0.275 e. The van der Waals surface area contributed by atoms with Crippen molar-refractivity contribution < 1.29 is 33.1 Å². The van der Waals surface area contributed by atoms with E-state index in [1.165, 1.54) is 4.90 Å². The topological polar surface area (TPSA) is 127 Å². The molecule has 5 rings (SSSR count). The second-order valence-corrected chi connectivity index (χ2v) is 12.2. The van der Waals surface area contributed by atoms with E-state index < -0.39 is 0 Å². The lowest BCUT2D eigenvalue weighted by Crippen LogP contribution is -2.64. The Morgan fingerprint density at radius 2 is 1.64 bits per heavy atom. The molecule has 1 aliphatic rings. The number of fused-ring (bicyclic) bond motifs is 2. The lowest BCUT2D eigenvalue weighted by atomic mass is 10.1. The predicted octanol–water partition coefficient (Wildman–Crippen LogP) is 2.96. The number of rotatable bonds is 15. The maximum absolute atomic E-state index is 13.5. The summed E-state index contributed by atoms with van der Waals surface area (Å²) in [6.45, 7) is 5.96. The van der Waals surface area contributed by atoms with Gasteiger partial charge in [-0.05, 0) is 23.6 Å². The molecule has 0 bridgehead atoms. The monoisotopic (exact) mass is 640 g/mol. The van der Waals surface area contributed by atoms with E-state index >= 15 is 0 Å². The molecule has 4 aromatic rings. The van der Waals surface area contributed by atoms with E-state index in [4.69, 9.17) is 9.47 Å². The molecule has 1 aromatic heterocycles. The number of nitrogens with zero attached hydrogens (tertiary/aromatic N) is 3. The Morgan fingerprint density at radius 3 is 2.45 bits per heavy atom. The maximum atomic E-state index is 13.5. The van der Waals surface area contributed by atoms with Gasteiger partial charge in [-0.25, -0.2) is 0 Å². The first-order chi connectivity index (χ1) is 22.7. The molecule has 2 N–H and O–H groups in total. The van der Waals surface area contributed by atoms with Crippen LogP contribution in [0.2, 0.25) is 0 Å². The minimum absolute atomic E-state index is 0.0535. The quantitative estimate of drug-likeness (QED) is 0.191. The zero-order valence-corrected chi connectivity index (χ0v) is 26.9. The molecule has 3 aromatic carbocycles. The molecule has 0 aliphatic carbocycles. The third-order valence-corrected chi connectivity index (χ3v) is 8.54. The van der Waals surface area contributed by atoms with Crippen molar-refractivity contribution in [2.45, 2.75) is 13.8 Å². The summed E-state index contributed by atoms with van der Waals surface area (Å²) in [6.07, 6.45) is 1.67. The molecule has 11 heteroatoms. The summed E-state index contributed by atoms with van der Waals surface area (Å²) in [5.74, 6) is 0.126. The minimum Gasteiger partial charge on any atom is -0.483 e. The maximum Gasteiger partial charge on any atom is 0.275 e. The molecule has 246 valence electrons. The standard InChI is InChI=1S/C36H41N5O6/c1-26(2)30(42)22-40(35(45)25-47-32-14-6-10-28-11-7-15-39-36(28)32)18-21-41(19-16-37-33(43)23-41)20-17-38-34(44)24-46-31-13-5-9-27-8-3-4-12-29(27)31/h3-15,26H,16-25H2,1-2H3,(H-,37,38,43,44)/p+1. The molecule has 2 heterocycles. The van der Waals surface area contributed by atoms with Crippen molar-refractivity contribution in [1.29, 1.82) is 0 Å². The summed E-state index contributed by atoms with van der Waals surface area (Å²) >= 11 is 0. The zero-order chi connectivity index (χ0) is 33.2. The average Bonchev–Trinajstić information content (AvgIpc) is 3.08. The van der Waals surface area contributed by atoms with Crippen LogP contribution in [0.3, 0.4) is 0 Å². The molecule has 1 atom stereocenters. The Hall–Kier alpha value is -5.03. The van der Waals surface area contributed by atoms with Gasteiger partial charge in [-0.1, -0.05) is 68.4 Å². The van der Waals surface area contributed by atoms with Crippen molar-refractivity contribution in [3.63, 3.8) is 0 Å². The largest absolute Gasteiger partial charge is 0.483 e. The highest BCUT2D eigenvalue weighted by Gasteiger charge is 2.35. The van der Waals surface area contributed by atoms with Crippen LogP contribution in [0.5, 0.6) is 11.5 Å². The second kappa shape index (κ2) is 15.5. The molecule has 1 unspecified atom stereocenters. The molecular formula is C36H42N5O6+. The Morgan fingerprint density at radius 1 is 0.915 bits per heavy atom. The Balaban J connectivity index is 1.20. The first-order valence-corrected chi connectivity index (χ1v) is 16.0. The summed E-state index contributed by atoms with van der Waals surface area (Å²) in [5, 5.41) is 8.66. The van der Waals surface area contributed by atoms with Crippen LogP contribution in [0.15, 0.2) is 79.0 Å². The van der Waals surface area contributed by atoms with Gasteiger partial charge in [0.05, 0.1) is 45.8 Å². The lowest BCUT2D eigenvalue weighted by molar-refractivity contribution is -0.920. The summed E-state index contributed by atoms with van der Waals surface area (Å²) < 4.78 is 12.1. The molecule has 1 fully saturated rings. The predicted molar refractivity (Wildman–Crippen MR) is 179 cm³/mol. The van der Waals surface area contributed by atoms with Crippen molar-refractivity contribution in [3.05, 3.63) is 79.0 Å². The third-order valence-electron chi connectivity index (χ3n) is 8.54. The number of hydrogen-bond donors (Lipinski definition) is 2. The van der Waals surface area contributed by atoms with Crippen LogP contribution >= 0.6 is 0 Å². The van der Waals surface area contributed by atoms with Crippen LogP contribution in [0.1, 0.15) is 13.8 Å². The van der Waals surface area contributed by atoms with E-state index in [0.29, 0.717) is 54.2 Å². The first-order valence-electron chi connectivity index (χ1n) is 16.0.